The zero-order chi connectivity index (χ0) is 14.9. The van der Waals surface area contributed by atoms with E-state index in [1.54, 1.807) is 0 Å². The van der Waals surface area contributed by atoms with E-state index in [1.807, 2.05) is 0 Å². The summed E-state index contributed by atoms with van der Waals surface area (Å²) in [6.07, 6.45) is 14.3. The molecule has 1 atom stereocenters. The van der Waals surface area contributed by atoms with Crippen LogP contribution in [0, 0.1) is 5.92 Å². The molecule has 21 heavy (non-hydrogen) atoms. The summed E-state index contributed by atoms with van der Waals surface area (Å²) in [6.45, 7) is 3.51. The molecule has 3 heteroatoms. The Morgan fingerprint density at radius 3 is 2.24 bits per heavy atom. The summed E-state index contributed by atoms with van der Waals surface area (Å²) < 4.78 is 5.89. The molecule has 3 nitrogen and oxygen atoms in total. The van der Waals surface area contributed by atoms with Crippen LogP contribution in [-0.2, 0) is 4.74 Å². The van der Waals surface area contributed by atoms with Gasteiger partial charge in [-0.25, -0.2) is 0 Å². The molecule has 2 rings (SSSR count). The van der Waals surface area contributed by atoms with E-state index >= 15 is 0 Å². The minimum atomic E-state index is -0.352. The lowest BCUT2D eigenvalue weighted by Gasteiger charge is -2.27. The van der Waals surface area contributed by atoms with Crippen LogP contribution in [-0.4, -0.2) is 36.5 Å². The van der Waals surface area contributed by atoms with Gasteiger partial charge in [0.15, 0.2) is 0 Å². The van der Waals surface area contributed by atoms with Crippen LogP contribution in [0.1, 0.15) is 77.6 Å². The summed E-state index contributed by atoms with van der Waals surface area (Å²) >= 11 is 0. The molecule has 2 aliphatic carbocycles. The highest BCUT2D eigenvalue weighted by Crippen LogP contribution is 2.25. The second-order valence-corrected chi connectivity index (χ2v) is 7.32. The normalized spacial score (nSPS) is 30.6. The Kier molecular flexibility index (Phi) is 8.05. The zero-order valence-electron chi connectivity index (χ0n) is 13.9. The number of aliphatic hydroxyl groups excluding tert-OH is 1. The first kappa shape index (κ1) is 17.2. The van der Waals surface area contributed by atoms with Crippen molar-refractivity contribution in [1.82, 2.24) is 5.32 Å². The number of rotatable bonds is 6. The minimum Gasteiger partial charge on any atom is -0.389 e. The van der Waals surface area contributed by atoms with Crippen LogP contribution in [0.5, 0.6) is 0 Å². The molecule has 0 radical (unpaired) electrons. The Labute approximate surface area is 130 Å². The smallest absolute Gasteiger partial charge is 0.0897 e. The number of nitrogens with one attached hydrogen (secondary N) is 1. The van der Waals surface area contributed by atoms with Crippen molar-refractivity contribution in [2.75, 3.05) is 13.2 Å². The predicted octanol–water partition coefficient (Wildman–Crippen LogP) is 3.65. The average molecular weight is 297 g/mol. The monoisotopic (exact) mass is 297 g/mol. The van der Waals surface area contributed by atoms with Crippen LogP contribution in [0.25, 0.3) is 0 Å². The van der Waals surface area contributed by atoms with E-state index in [0.29, 0.717) is 25.3 Å². The molecule has 0 heterocycles. The Bertz CT molecular complexity index is 256. The highest BCUT2D eigenvalue weighted by Gasteiger charge is 2.20. The van der Waals surface area contributed by atoms with Crippen molar-refractivity contribution in [3.05, 3.63) is 0 Å². The van der Waals surface area contributed by atoms with Gasteiger partial charge in [-0.2, -0.15) is 0 Å². The number of hydrogen-bond donors (Lipinski definition) is 2. The lowest BCUT2D eigenvalue weighted by atomic mass is 9.89. The van der Waals surface area contributed by atoms with Crippen molar-refractivity contribution in [1.29, 1.82) is 0 Å². The summed E-state index contributed by atoms with van der Waals surface area (Å²) in [7, 11) is 0. The van der Waals surface area contributed by atoms with Gasteiger partial charge in [0.1, 0.15) is 0 Å². The van der Waals surface area contributed by atoms with Crippen LogP contribution in [0.3, 0.4) is 0 Å². The molecule has 2 saturated carbocycles. The molecule has 2 aliphatic rings. The minimum absolute atomic E-state index is 0.352. The van der Waals surface area contributed by atoms with Gasteiger partial charge in [-0.1, -0.05) is 39.0 Å². The summed E-state index contributed by atoms with van der Waals surface area (Å²) in [6, 6.07) is 0.607. The number of ether oxygens (including phenoxy) is 1. The lowest BCUT2D eigenvalue weighted by Crippen LogP contribution is -2.38. The SMILES string of the molecule is CC1CCC(OCC(O)CNC2CCCCCCC2)CC1. The topological polar surface area (TPSA) is 41.5 Å². The van der Waals surface area contributed by atoms with Gasteiger partial charge < -0.3 is 15.2 Å². The fraction of sp³-hybridized carbons (Fsp3) is 1.00. The van der Waals surface area contributed by atoms with Crippen molar-refractivity contribution in [2.45, 2.75) is 95.8 Å². The third-order valence-corrected chi connectivity index (χ3v) is 5.23. The van der Waals surface area contributed by atoms with Crippen molar-refractivity contribution >= 4 is 0 Å². The van der Waals surface area contributed by atoms with Gasteiger partial charge in [0.25, 0.3) is 0 Å². The lowest BCUT2D eigenvalue weighted by molar-refractivity contribution is -0.0285. The summed E-state index contributed by atoms with van der Waals surface area (Å²) in [5.74, 6) is 0.857. The maximum absolute atomic E-state index is 10.1. The van der Waals surface area contributed by atoms with Crippen molar-refractivity contribution < 1.29 is 9.84 Å². The van der Waals surface area contributed by atoms with Gasteiger partial charge in [0.05, 0.1) is 18.8 Å². The molecular weight excluding hydrogens is 262 g/mol. The quantitative estimate of drug-likeness (QED) is 0.786. The first-order valence-corrected chi connectivity index (χ1v) is 9.27. The van der Waals surface area contributed by atoms with Gasteiger partial charge in [0.2, 0.25) is 0 Å². The van der Waals surface area contributed by atoms with Gasteiger partial charge in [-0.05, 0) is 44.4 Å². The zero-order valence-corrected chi connectivity index (χ0v) is 13.9. The molecule has 0 aliphatic heterocycles. The Balaban J connectivity index is 1.55. The summed E-state index contributed by atoms with van der Waals surface area (Å²) in [5, 5.41) is 13.7. The van der Waals surface area contributed by atoms with E-state index in [2.05, 4.69) is 12.2 Å². The first-order valence-electron chi connectivity index (χ1n) is 9.27. The Hall–Kier alpha value is -0.120. The predicted molar refractivity (Wildman–Crippen MR) is 87.5 cm³/mol. The summed E-state index contributed by atoms with van der Waals surface area (Å²) in [4.78, 5) is 0. The molecule has 0 aromatic rings. The first-order chi connectivity index (χ1) is 10.2. The van der Waals surface area contributed by atoms with E-state index < -0.39 is 0 Å². The van der Waals surface area contributed by atoms with Crippen LogP contribution in [0.2, 0.25) is 0 Å². The van der Waals surface area contributed by atoms with E-state index in [0.717, 1.165) is 5.92 Å². The molecular formula is C18H35NO2. The highest BCUT2D eigenvalue weighted by molar-refractivity contribution is 4.73. The van der Waals surface area contributed by atoms with Crippen LogP contribution in [0.15, 0.2) is 0 Å². The van der Waals surface area contributed by atoms with Gasteiger partial charge >= 0.3 is 0 Å². The summed E-state index contributed by atoms with van der Waals surface area (Å²) in [5.41, 5.74) is 0. The molecule has 0 bridgehead atoms. The highest BCUT2D eigenvalue weighted by atomic mass is 16.5. The second kappa shape index (κ2) is 9.81. The van der Waals surface area contributed by atoms with Gasteiger partial charge in [-0.15, -0.1) is 0 Å². The largest absolute Gasteiger partial charge is 0.389 e. The van der Waals surface area contributed by atoms with E-state index in [1.165, 1.54) is 70.6 Å². The average Bonchev–Trinajstić information content (AvgIpc) is 2.45. The molecule has 0 spiro atoms. The molecule has 0 aromatic carbocycles. The molecule has 124 valence electrons. The van der Waals surface area contributed by atoms with Crippen molar-refractivity contribution in [3.8, 4) is 0 Å². The van der Waals surface area contributed by atoms with Crippen molar-refractivity contribution in [2.24, 2.45) is 5.92 Å². The molecule has 0 saturated heterocycles. The maximum atomic E-state index is 10.1. The van der Waals surface area contributed by atoms with Gasteiger partial charge in [0, 0.05) is 12.6 Å². The third kappa shape index (κ3) is 7.12. The van der Waals surface area contributed by atoms with E-state index in [9.17, 15) is 5.11 Å². The molecule has 0 amide bonds. The second-order valence-electron chi connectivity index (χ2n) is 7.32. The number of hydrogen-bond acceptors (Lipinski definition) is 3. The molecule has 1 unspecified atom stereocenters. The Morgan fingerprint density at radius 2 is 1.57 bits per heavy atom. The molecule has 0 aromatic heterocycles. The third-order valence-electron chi connectivity index (χ3n) is 5.23. The standard InChI is InChI=1S/C18H35NO2/c1-15-9-11-18(12-10-15)21-14-17(20)13-19-16-7-5-3-2-4-6-8-16/h15-20H,2-14H2,1H3. The van der Waals surface area contributed by atoms with E-state index in [4.69, 9.17) is 4.74 Å². The fourth-order valence-corrected chi connectivity index (χ4v) is 3.67. The van der Waals surface area contributed by atoms with Crippen LogP contribution >= 0.6 is 0 Å². The van der Waals surface area contributed by atoms with E-state index in [-0.39, 0.29) is 6.10 Å². The fourth-order valence-electron chi connectivity index (χ4n) is 3.67. The Morgan fingerprint density at radius 1 is 0.952 bits per heavy atom. The molecule has 2 N–H and O–H groups in total. The van der Waals surface area contributed by atoms with Crippen LogP contribution < -0.4 is 5.32 Å². The van der Waals surface area contributed by atoms with Gasteiger partial charge in [-0.3, -0.25) is 0 Å². The van der Waals surface area contributed by atoms with Crippen LogP contribution in [0.4, 0.5) is 0 Å². The maximum Gasteiger partial charge on any atom is 0.0897 e. The molecule has 2 fully saturated rings. The van der Waals surface area contributed by atoms with Crippen molar-refractivity contribution in [3.63, 3.8) is 0 Å². The number of aliphatic hydroxyl groups is 1.